The average molecular weight is 267 g/mol. The van der Waals surface area contributed by atoms with E-state index in [9.17, 15) is 4.79 Å². The SMILES string of the molecule is Cn1ccc(CNc2nccc(C(=O)O)c2Cl)n1. The molecule has 0 atom stereocenters. The molecule has 0 amide bonds. The lowest BCUT2D eigenvalue weighted by molar-refractivity contribution is 0.0697. The van der Waals surface area contributed by atoms with Crippen molar-refractivity contribution in [1.29, 1.82) is 0 Å². The van der Waals surface area contributed by atoms with Crippen LogP contribution < -0.4 is 5.32 Å². The second-order valence-electron chi connectivity index (χ2n) is 3.66. The maximum absolute atomic E-state index is 10.9. The lowest BCUT2D eigenvalue weighted by Gasteiger charge is -2.07. The Morgan fingerprint density at radius 2 is 2.33 bits per heavy atom. The standard InChI is InChI=1S/C11H11ClN4O2/c1-16-5-3-7(15-16)6-14-10-9(12)8(11(17)18)2-4-13-10/h2-5H,6H2,1H3,(H,13,14)(H,17,18). The van der Waals surface area contributed by atoms with Crippen molar-refractivity contribution in [2.24, 2.45) is 7.05 Å². The highest BCUT2D eigenvalue weighted by molar-refractivity contribution is 6.35. The summed E-state index contributed by atoms with van der Waals surface area (Å²) in [5.41, 5.74) is 0.839. The Kier molecular flexibility index (Phi) is 3.47. The first-order valence-corrected chi connectivity index (χ1v) is 5.56. The van der Waals surface area contributed by atoms with Gasteiger partial charge in [-0.25, -0.2) is 9.78 Å². The first kappa shape index (κ1) is 12.4. The van der Waals surface area contributed by atoms with E-state index in [4.69, 9.17) is 16.7 Å². The van der Waals surface area contributed by atoms with Gasteiger partial charge in [0.1, 0.15) is 5.82 Å². The van der Waals surface area contributed by atoms with Crippen LogP contribution >= 0.6 is 11.6 Å². The molecule has 2 heterocycles. The summed E-state index contributed by atoms with van der Waals surface area (Å²) >= 11 is 5.94. The molecule has 0 unspecified atom stereocenters. The Labute approximate surface area is 108 Å². The normalized spacial score (nSPS) is 10.3. The maximum Gasteiger partial charge on any atom is 0.337 e. The van der Waals surface area contributed by atoms with Crippen molar-refractivity contribution in [3.05, 3.63) is 40.8 Å². The molecule has 0 fully saturated rings. The Bertz CT molecular complexity index is 582. The number of hydrogen-bond donors (Lipinski definition) is 2. The van der Waals surface area contributed by atoms with Gasteiger partial charge in [-0.15, -0.1) is 0 Å². The molecule has 2 aromatic heterocycles. The first-order chi connectivity index (χ1) is 8.58. The Balaban J connectivity index is 2.14. The van der Waals surface area contributed by atoms with E-state index in [1.165, 1.54) is 12.3 Å². The number of nitrogens with one attached hydrogen (secondary N) is 1. The number of nitrogens with zero attached hydrogens (tertiary/aromatic N) is 3. The van der Waals surface area contributed by atoms with Gasteiger partial charge in [0.2, 0.25) is 0 Å². The molecule has 0 radical (unpaired) electrons. The lowest BCUT2D eigenvalue weighted by Crippen LogP contribution is -2.06. The molecular weight excluding hydrogens is 256 g/mol. The number of aromatic carboxylic acids is 1. The molecule has 7 heteroatoms. The van der Waals surface area contributed by atoms with Crippen molar-refractivity contribution in [1.82, 2.24) is 14.8 Å². The number of halogens is 1. The predicted molar refractivity (Wildman–Crippen MR) is 66.7 cm³/mol. The molecule has 0 spiro atoms. The monoisotopic (exact) mass is 266 g/mol. The van der Waals surface area contributed by atoms with E-state index < -0.39 is 5.97 Å². The summed E-state index contributed by atoms with van der Waals surface area (Å²) in [6.07, 6.45) is 3.22. The highest BCUT2D eigenvalue weighted by Crippen LogP contribution is 2.23. The van der Waals surface area contributed by atoms with Crippen molar-refractivity contribution in [2.45, 2.75) is 6.54 Å². The molecule has 2 aromatic rings. The second-order valence-corrected chi connectivity index (χ2v) is 4.04. The van der Waals surface area contributed by atoms with Crippen LogP contribution in [0.1, 0.15) is 16.1 Å². The van der Waals surface area contributed by atoms with Gasteiger partial charge in [0.05, 0.1) is 22.8 Å². The van der Waals surface area contributed by atoms with Gasteiger partial charge >= 0.3 is 5.97 Å². The molecule has 0 aliphatic rings. The minimum absolute atomic E-state index is 0.0233. The molecule has 0 saturated carbocycles. The minimum Gasteiger partial charge on any atom is -0.478 e. The van der Waals surface area contributed by atoms with Gasteiger partial charge in [0, 0.05) is 19.4 Å². The number of aromatic nitrogens is 3. The number of carbonyl (C=O) groups is 1. The van der Waals surface area contributed by atoms with Crippen LogP contribution in [-0.2, 0) is 13.6 Å². The molecule has 0 saturated heterocycles. The van der Waals surface area contributed by atoms with Crippen molar-refractivity contribution < 1.29 is 9.90 Å². The van der Waals surface area contributed by atoms with Gasteiger partial charge in [0.15, 0.2) is 0 Å². The Morgan fingerprint density at radius 3 is 2.94 bits per heavy atom. The zero-order chi connectivity index (χ0) is 13.1. The van der Waals surface area contributed by atoms with Crippen LogP contribution in [0, 0.1) is 0 Å². The van der Waals surface area contributed by atoms with Gasteiger partial charge in [-0.05, 0) is 12.1 Å². The van der Waals surface area contributed by atoms with Crippen LogP contribution in [0.4, 0.5) is 5.82 Å². The van der Waals surface area contributed by atoms with Crippen molar-refractivity contribution in [3.63, 3.8) is 0 Å². The van der Waals surface area contributed by atoms with E-state index in [1.807, 2.05) is 19.3 Å². The summed E-state index contributed by atoms with van der Waals surface area (Å²) < 4.78 is 1.68. The van der Waals surface area contributed by atoms with Crippen molar-refractivity contribution in [2.75, 3.05) is 5.32 Å². The third-order valence-electron chi connectivity index (χ3n) is 2.33. The average Bonchev–Trinajstić information content (AvgIpc) is 2.73. The van der Waals surface area contributed by atoms with E-state index in [0.29, 0.717) is 12.4 Å². The van der Waals surface area contributed by atoms with Crippen LogP contribution in [0.15, 0.2) is 24.5 Å². The fourth-order valence-electron chi connectivity index (χ4n) is 1.46. The number of carboxylic acids is 1. The van der Waals surface area contributed by atoms with E-state index in [-0.39, 0.29) is 10.6 Å². The van der Waals surface area contributed by atoms with Gasteiger partial charge in [-0.3, -0.25) is 4.68 Å². The van der Waals surface area contributed by atoms with Crippen LogP contribution in [0.5, 0.6) is 0 Å². The van der Waals surface area contributed by atoms with E-state index in [1.54, 1.807) is 4.68 Å². The molecule has 6 nitrogen and oxygen atoms in total. The summed E-state index contributed by atoms with van der Waals surface area (Å²) in [6, 6.07) is 3.21. The molecule has 18 heavy (non-hydrogen) atoms. The van der Waals surface area contributed by atoms with E-state index in [2.05, 4.69) is 15.4 Å². The topological polar surface area (TPSA) is 80.0 Å². The number of anilines is 1. The highest BCUT2D eigenvalue weighted by Gasteiger charge is 2.13. The molecule has 2 N–H and O–H groups in total. The molecule has 0 bridgehead atoms. The zero-order valence-electron chi connectivity index (χ0n) is 9.59. The molecule has 0 aromatic carbocycles. The third-order valence-corrected chi connectivity index (χ3v) is 2.71. The summed E-state index contributed by atoms with van der Waals surface area (Å²) in [5.74, 6) is -0.745. The number of carboxylic acid groups (broad SMARTS) is 1. The largest absolute Gasteiger partial charge is 0.478 e. The van der Waals surface area contributed by atoms with Crippen LogP contribution in [-0.4, -0.2) is 25.8 Å². The maximum atomic E-state index is 10.9. The molecule has 2 rings (SSSR count). The molecular formula is C11H11ClN4O2. The number of rotatable bonds is 4. The van der Waals surface area contributed by atoms with Gasteiger partial charge in [-0.2, -0.15) is 5.10 Å². The van der Waals surface area contributed by atoms with Crippen molar-refractivity contribution in [3.8, 4) is 0 Å². The van der Waals surface area contributed by atoms with Crippen LogP contribution in [0.3, 0.4) is 0 Å². The van der Waals surface area contributed by atoms with Gasteiger partial charge in [0.25, 0.3) is 0 Å². The number of pyridine rings is 1. The fraction of sp³-hybridized carbons (Fsp3) is 0.182. The molecule has 94 valence electrons. The van der Waals surface area contributed by atoms with Gasteiger partial charge < -0.3 is 10.4 Å². The molecule has 0 aliphatic heterocycles. The number of hydrogen-bond acceptors (Lipinski definition) is 4. The predicted octanol–water partition coefficient (Wildman–Crippen LogP) is 1.78. The van der Waals surface area contributed by atoms with Crippen LogP contribution in [0.25, 0.3) is 0 Å². The summed E-state index contributed by atoms with van der Waals surface area (Å²) in [6.45, 7) is 0.427. The van der Waals surface area contributed by atoms with Crippen LogP contribution in [0.2, 0.25) is 5.02 Å². The third kappa shape index (κ3) is 2.60. The quantitative estimate of drug-likeness (QED) is 0.882. The summed E-state index contributed by atoms with van der Waals surface area (Å²) in [5, 5.41) is 16.2. The Hall–Kier alpha value is -2.08. The summed E-state index contributed by atoms with van der Waals surface area (Å²) in [7, 11) is 1.82. The van der Waals surface area contributed by atoms with E-state index >= 15 is 0 Å². The van der Waals surface area contributed by atoms with E-state index in [0.717, 1.165) is 5.69 Å². The van der Waals surface area contributed by atoms with Gasteiger partial charge in [-0.1, -0.05) is 11.6 Å². The minimum atomic E-state index is -1.08. The summed E-state index contributed by atoms with van der Waals surface area (Å²) in [4.78, 5) is 14.9. The molecule has 0 aliphatic carbocycles. The second kappa shape index (κ2) is 5.05. The Morgan fingerprint density at radius 1 is 1.56 bits per heavy atom. The lowest BCUT2D eigenvalue weighted by atomic mass is 10.2. The first-order valence-electron chi connectivity index (χ1n) is 5.18. The fourth-order valence-corrected chi connectivity index (χ4v) is 1.72. The zero-order valence-corrected chi connectivity index (χ0v) is 10.3. The van der Waals surface area contributed by atoms with Crippen molar-refractivity contribution >= 4 is 23.4 Å². The number of aryl methyl sites for hydroxylation is 1. The smallest absolute Gasteiger partial charge is 0.337 e. The highest BCUT2D eigenvalue weighted by atomic mass is 35.5.